The number of ether oxygens (including phenoxy) is 2. The normalized spacial score (nSPS) is 10.2. The van der Waals surface area contributed by atoms with Crippen molar-refractivity contribution in [3.05, 3.63) is 84.2 Å². The predicted molar refractivity (Wildman–Crippen MR) is 114 cm³/mol. The molecule has 2 amide bonds. The highest BCUT2D eigenvalue weighted by molar-refractivity contribution is 5.94. The molecule has 0 saturated heterocycles. The highest BCUT2D eigenvalue weighted by atomic mass is 16.5. The lowest BCUT2D eigenvalue weighted by Crippen LogP contribution is -2.25. The van der Waals surface area contributed by atoms with Crippen LogP contribution in [-0.4, -0.2) is 30.0 Å². The molecule has 0 bridgehead atoms. The maximum Gasteiger partial charge on any atom is 0.262 e. The average molecular weight is 405 g/mol. The Labute approximate surface area is 175 Å². The second-order valence-electron chi connectivity index (χ2n) is 6.30. The third-order valence-electron chi connectivity index (χ3n) is 4.16. The minimum Gasteiger partial charge on any atom is -0.490 e. The first kappa shape index (κ1) is 20.9. The van der Waals surface area contributed by atoms with Crippen LogP contribution in [-0.2, 0) is 11.3 Å². The van der Waals surface area contributed by atoms with Gasteiger partial charge in [-0.25, -0.2) is 0 Å². The topological polar surface area (TPSA) is 89.5 Å². The number of anilines is 1. The average Bonchev–Trinajstić information content (AvgIpc) is 2.78. The molecule has 7 nitrogen and oxygen atoms in total. The van der Waals surface area contributed by atoms with Crippen molar-refractivity contribution in [3.8, 4) is 11.5 Å². The second-order valence-corrected chi connectivity index (χ2v) is 6.30. The standard InChI is InChI=1S/C23H23N3O4/c1-2-29-20-11-5-6-12-21(20)30-16-22(27)26-19-10-4-3-8-17(19)15-25-23(28)18-9-7-13-24-14-18/h3-14H,2,15-16H2,1H3,(H,25,28)(H,26,27). The maximum absolute atomic E-state index is 12.4. The molecule has 1 heterocycles. The molecule has 7 heteroatoms. The number of hydrogen-bond acceptors (Lipinski definition) is 5. The third-order valence-corrected chi connectivity index (χ3v) is 4.16. The van der Waals surface area contributed by atoms with Crippen molar-refractivity contribution in [2.75, 3.05) is 18.5 Å². The minimum absolute atomic E-state index is 0.166. The first-order valence-corrected chi connectivity index (χ1v) is 9.58. The summed E-state index contributed by atoms with van der Waals surface area (Å²) >= 11 is 0. The van der Waals surface area contributed by atoms with Crippen LogP contribution in [0, 0.1) is 0 Å². The zero-order valence-electron chi connectivity index (χ0n) is 16.6. The number of nitrogens with zero attached hydrogens (tertiary/aromatic N) is 1. The van der Waals surface area contributed by atoms with Gasteiger partial charge in [-0.3, -0.25) is 14.6 Å². The molecule has 154 valence electrons. The fourth-order valence-corrected chi connectivity index (χ4v) is 2.74. The Morgan fingerprint density at radius 3 is 2.40 bits per heavy atom. The summed E-state index contributed by atoms with van der Waals surface area (Å²) in [6, 6.07) is 17.9. The van der Waals surface area contributed by atoms with Crippen LogP contribution in [0.2, 0.25) is 0 Å². The number of para-hydroxylation sites is 3. The molecule has 2 aromatic carbocycles. The van der Waals surface area contributed by atoms with E-state index in [9.17, 15) is 9.59 Å². The number of aromatic nitrogens is 1. The first-order valence-electron chi connectivity index (χ1n) is 9.58. The molecular weight excluding hydrogens is 382 g/mol. The Morgan fingerprint density at radius 2 is 1.67 bits per heavy atom. The van der Waals surface area contributed by atoms with Gasteiger partial charge in [0.15, 0.2) is 18.1 Å². The summed E-state index contributed by atoms with van der Waals surface area (Å²) in [5, 5.41) is 5.66. The highest BCUT2D eigenvalue weighted by Crippen LogP contribution is 2.26. The molecule has 0 saturated carbocycles. The Balaban J connectivity index is 1.58. The van der Waals surface area contributed by atoms with E-state index in [0.29, 0.717) is 29.4 Å². The summed E-state index contributed by atoms with van der Waals surface area (Å²) in [5.41, 5.74) is 1.86. The summed E-state index contributed by atoms with van der Waals surface area (Å²) in [6.07, 6.45) is 3.11. The van der Waals surface area contributed by atoms with Gasteiger partial charge in [0.2, 0.25) is 0 Å². The van der Waals surface area contributed by atoms with E-state index in [1.165, 1.54) is 6.20 Å². The minimum atomic E-state index is -0.313. The van der Waals surface area contributed by atoms with Gasteiger partial charge in [0, 0.05) is 24.6 Å². The van der Waals surface area contributed by atoms with Gasteiger partial charge in [0.1, 0.15) is 0 Å². The van der Waals surface area contributed by atoms with Crippen LogP contribution in [0.5, 0.6) is 11.5 Å². The van der Waals surface area contributed by atoms with Crippen molar-refractivity contribution in [2.24, 2.45) is 0 Å². The van der Waals surface area contributed by atoms with Gasteiger partial charge in [-0.15, -0.1) is 0 Å². The monoisotopic (exact) mass is 405 g/mol. The SMILES string of the molecule is CCOc1ccccc1OCC(=O)Nc1ccccc1CNC(=O)c1cccnc1. The van der Waals surface area contributed by atoms with E-state index in [-0.39, 0.29) is 25.0 Å². The maximum atomic E-state index is 12.4. The largest absolute Gasteiger partial charge is 0.490 e. The van der Waals surface area contributed by atoms with Gasteiger partial charge in [0.05, 0.1) is 12.2 Å². The van der Waals surface area contributed by atoms with E-state index in [4.69, 9.17) is 9.47 Å². The van der Waals surface area contributed by atoms with Gasteiger partial charge in [-0.1, -0.05) is 30.3 Å². The number of amides is 2. The van der Waals surface area contributed by atoms with Crippen LogP contribution in [0.4, 0.5) is 5.69 Å². The number of hydrogen-bond donors (Lipinski definition) is 2. The van der Waals surface area contributed by atoms with Crippen LogP contribution in [0.25, 0.3) is 0 Å². The first-order chi connectivity index (χ1) is 14.7. The lowest BCUT2D eigenvalue weighted by Gasteiger charge is -2.14. The molecule has 2 N–H and O–H groups in total. The zero-order chi connectivity index (χ0) is 21.2. The molecule has 0 aliphatic heterocycles. The molecular formula is C23H23N3O4. The molecule has 0 aliphatic carbocycles. The van der Waals surface area contributed by atoms with Crippen molar-refractivity contribution in [2.45, 2.75) is 13.5 Å². The number of rotatable bonds is 9. The Morgan fingerprint density at radius 1 is 0.933 bits per heavy atom. The van der Waals surface area contributed by atoms with Gasteiger partial charge in [-0.05, 0) is 42.8 Å². The quantitative estimate of drug-likeness (QED) is 0.569. The van der Waals surface area contributed by atoms with Gasteiger partial charge in [-0.2, -0.15) is 0 Å². The molecule has 30 heavy (non-hydrogen) atoms. The highest BCUT2D eigenvalue weighted by Gasteiger charge is 2.11. The van der Waals surface area contributed by atoms with Crippen molar-refractivity contribution in [1.82, 2.24) is 10.3 Å². The van der Waals surface area contributed by atoms with E-state index >= 15 is 0 Å². The summed E-state index contributed by atoms with van der Waals surface area (Å²) in [5.74, 6) is 0.547. The summed E-state index contributed by atoms with van der Waals surface area (Å²) in [6.45, 7) is 2.48. The van der Waals surface area contributed by atoms with Crippen LogP contribution < -0.4 is 20.1 Å². The number of carbonyl (C=O) groups excluding carboxylic acids is 2. The fourth-order valence-electron chi connectivity index (χ4n) is 2.74. The number of carbonyl (C=O) groups is 2. The van der Waals surface area contributed by atoms with Crippen molar-refractivity contribution in [3.63, 3.8) is 0 Å². The lowest BCUT2D eigenvalue weighted by molar-refractivity contribution is -0.118. The van der Waals surface area contributed by atoms with E-state index in [1.54, 1.807) is 36.5 Å². The lowest BCUT2D eigenvalue weighted by atomic mass is 10.1. The Bertz CT molecular complexity index is 993. The fraction of sp³-hybridized carbons (Fsp3) is 0.174. The number of nitrogens with one attached hydrogen (secondary N) is 2. The molecule has 0 aliphatic rings. The van der Waals surface area contributed by atoms with Crippen molar-refractivity contribution in [1.29, 1.82) is 0 Å². The summed E-state index contributed by atoms with van der Waals surface area (Å²) < 4.78 is 11.1. The zero-order valence-corrected chi connectivity index (χ0v) is 16.6. The van der Waals surface area contributed by atoms with Crippen LogP contribution in [0.3, 0.4) is 0 Å². The van der Waals surface area contributed by atoms with Gasteiger partial charge in [0.25, 0.3) is 11.8 Å². The molecule has 3 aromatic rings. The Kier molecular flexibility index (Phi) is 7.38. The van der Waals surface area contributed by atoms with E-state index in [2.05, 4.69) is 15.6 Å². The van der Waals surface area contributed by atoms with Crippen molar-refractivity contribution < 1.29 is 19.1 Å². The molecule has 0 fully saturated rings. The second kappa shape index (κ2) is 10.6. The third kappa shape index (κ3) is 5.81. The van der Waals surface area contributed by atoms with E-state index in [0.717, 1.165) is 5.56 Å². The Hall–Kier alpha value is -3.87. The van der Waals surface area contributed by atoms with Crippen molar-refractivity contribution >= 4 is 17.5 Å². The molecule has 1 aromatic heterocycles. The van der Waals surface area contributed by atoms with Crippen LogP contribution in [0.1, 0.15) is 22.8 Å². The summed E-state index contributed by atoms with van der Waals surface area (Å²) in [7, 11) is 0. The number of benzene rings is 2. The van der Waals surface area contributed by atoms with E-state index in [1.807, 2.05) is 37.3 Å². The van der Waals surface area contributed by atoms with Gasteiger partial charge < -0.3 is 20.1 Å². The molecule has 0 unspecified atom stereocenters. The molecule has 0 spiro atoms. The van der Waals surface area contributed by atoms with Crippen LogP contribution >= 0.6 is 0 Å². The molecule has 0 radical (unpaired) electrons. The smallest absolute Gasteiger partial charge is 0.262 e. The van der Waals surface area contributed by atoms with Crippen LogP contribution in [0.15, 0.2) is 73.1 Å². The number of pyridine rings is 1. The van der Waals surface area contributed by atoms with Gasteiger partial charge >= 0.3 is 0 Å². The van der Waals surface area contributed by atoms with E-state index < -0.39 is 0 Å². The molecule has 3 rings (SSSR count). The molecule has 0 atom stereocenters. The summed E-state index contributed by atoms with van der Waals surface area (Å²) in [4.78, 5) is 28.6. The predicted octanol–water partition coefficient (Wildman–Crippen LogP) is 3.43.